The van der Waals surface area contributed by atoms with Crippen molar-refractivity contribution in [2.24, 2.45) is 5.73 Å². The number of nitrogens with zero attached hydrogens (tertiary/aromatic N) is 2. The summed E-state index contributed by atoms with van der Waals surface area (Å²) in [5.74, 6) is 6.25. The zero-order valence-electron chi connectivity index (χ0n) is 9.22. The van der Waals surface area contributed by atoms with Gasteiger partial charge >= 0.3 is 0 Å². The number of rotatable bonds is 1. The van der Waals surface area contributed by atoms with Gasteiger partial charge in [0.1, 0.15) is 0 Å². The first kappa shape index (κ1) is 11.1. The molecule has 0 radical (unpaired) electrons. The van der Waals surface area contributed by atoms with Crippen molar-refractivity contribution < 1.29 is 0 Å². The lowest BCUT2D eigenvalue weighted by molar-refractivity contribution is 1.07. The molecule has 1 heterocycles. The van der Waals surface area contributed by atoms with Crippen molar-refractivity contribution in [1.82, 2.24) is 9.97 Å². The molecule has 17 heavy (non-hydrogen) atoms. The normalized spacial score (nSPS) is 9.47. The van der Waals surface area contributed by atoms with E-state index in [-0.39, 0.29) is 5.95 Å². The van der Waals surface area contributed by atoms with Crippen molar-refractivity contribution in [3.05, 3.63) is 53.3 Å². The van der Waals surface area contributed by atoms with Gasteiger partial charge in [-0.3, -0.25) is 0 Å². The Hall–Kier alpha value is -2.38. The van der Waals surface area contributed by atoms with E-state index in [1.807, 2.05) is 24.3 Å². The standard InChI is InChI=1S/C13H12N4/c14-7-11-3-1-2-10(6-11)4-5-12-8-16-13(15)17-9-12/h1-3,6,8-9H,7,14H2,(H2,15,16,17). The van der Waals surface area contributed by atoms with E-state index >= 15 is 0 Å². The summed E-state index contributed by atoms with van der Waals surface area (Å²) in [4.78, 5) is 7.74. The second-order valence-electron chi connectivity index (χ2n) is 3.48. The van der Waals surface area contributed by atoms with Crippen molar-refractivity contribution in [1.29, 1.82) is 0 Å². The maximum absolute atomic E-state index is 5.56. The molecule has 2 aromatic rings. The van der Waals surface area contributed by atoms with Gasteiger partial charge in [-0.05, 0) is 17.7 Å². The summed E-state index contributed by atoms with van der Waals surface area (Å²) in [5.41, 5.74) is 13.7. The third kappa shape index (κ3) is 3.03. The summed E-state index contributed by atoms with van der Waals surface area (Å²) in [6.07, 6.45) is 3.20. The van der Waals surface area contributed by atoms with Crippen molar-refractivity contribution in [2.45, 2.75) is 6.54 Å². The molecular formula is C13H12N4. The summed E-state index contributed by atoms with van der Waals surface area (Å²) < 4.78 is 0. The average Bonchev–Trinajstić information content (AvgIpc) is 2.38. The fraction of sp³-hybridized carbons (Fsp3) is 0.0769. The highest BCUT2D eigenvalue weighted by Gasteiger charge is 1.92. The summed E-state index contributed by atoms with van der Waals surface area (Å²) in [6, 6.07) is 7.80. The molecule has 0 bridgehead atoms. The Bertz CT molecular complexity index is 564. The number of nitrogen functional groups attached to an aromatic ring is 1. The van der Waals surface area contributed by atoms with E-state index in [0.29, 0.717) is 6.54 Å². The number of hydrogen-bond donors (Lipinski definition) is 2. The molecule has 0 aliphatic rings. The van der Waals surface area contributed by atoms with Gasteiger partial charge in [0.15, 0.2) is 0 Å². The van der Waals surface area contributed by atoms with Gasteiger partial charge in [0.2, 0.25) is 5.95 Å². The highest BCUT2D eigenvalue weighted by atomic mass is 15.0. The van der Waals surface area contributed by atoms with Crippen LogP contribution in [0.1, 0.15) is 16.7 Å². The fourth-order valence-corrected chi connectivity index (χ4v) is 1.32. The first-order chi connectivity index (χ1) is 8.28. The minimum atomic E-state index is 0.251. The van der Waals surface area contributed by atoms with E-state index in [4.69, 9.17) is 11.5 Å². The quantitative estimate of drug-likeness (QED) is 0.706. The topological polar surface area (TPSA) is 77.8 Å². The minimum absolute atomic E-state index is 0.251. The molecule has 4 heteroatoms. The molecular weight excluding hydrogens is 212 g/mol. The molecule has 0 saturated carbocycles. The van der Waals surface area contributed by atoms with Crippen LogP contribution in [0.3, 0.4) is 0 Å². The van der Waals surface area contributed by atoms with Crippen LogP contribution in [-0.4, -0.2) is 9.97 Å². The molecule has 0 amide bonds. The van der Waals surface area contributed by atoms with Crippen LogP contribution in [0.25, 0.3) is 0 Å². The molecule has 4 N–H and O–H groups in total. The zero-order chi connectivity index (χ0) is 12.1. The number of aromatic nitrogens is 2. The minimum Gasteiger partial charge on any atom is -0.368 e. The van der Waals surface area contributed by atoms with Gasteiger partial charge in [-0.1, -0.05) is 24.0 Å². The third-order valence-corrected chi connectivity index (χ3v) is 2.19. The molecule has 1 aromatic carbocycles. The Kier molecular flexibility index (Phi) is 3.34. The Morgan fingerprint density at radius 1 is 1.06 bits per heavy atom. The zero-order valence-corrected chi connectivity index (χ0v) is 9.22. The second kappa shape index (κ2) is 5.10. The van der Waals surface area contributed by atoms with Crippen LogP contribution in [0.5, 0.6) is 0 Å². The van der Waals surface area contributed by atoms with Crippen LogP contribution < -0.4 is 11.5 Å². The van der Waals surface area contributed by atoms with Crippen molar-refractivity contribution >= 4 is 5.95 Å². The van der Waals surface area contributed by atoms with Gasteiger partial charge in [0, 0.05) is 24.5 Å². The van der Waals surface area contributed by atoms with Crippen molar-refractivity contribution in [3.8, 4) is 11.8 Å². The summed E-state index contributed by atoms with van der Waals surface area (Å²) in [6.45, 7) is 0.514. The van der Waals surface area contributed by atoms with Gasteiger partial charge in [0.05, 0.1) is 5.56 Å². The largest absolute Gasteiger partial charge is 0.368 e. The van der Waals surface area contributed by atoms with Crippen LogP contribution in [0, 0.1) is 11.8 Å². The SMILES string of the molecule is NCc1cccc(C#Cc2cnc(N)nc2)c1. The summed E-state index contributed by atoms with van der Waals surface area (Å²) >= 11 is 0. The van der Waals surface area contributed by atoms with Crippen LogP contribution in [0.4, 0.5) is 5.95 Å². The van der Waals surface area contributed by atoms with E-state index in [1.54, 1.807) is 12.4 Å². The van der Waals surface area contributed by atoms with Crippen LogP contribution in [-0.2, 0) is 6.54 Å². The lowest BCUT2D eigenvalue weighted by Gasteiger charge is -1.96. The molecule has 0 spiro atoms. The predicted molar refractivity (Wildman–Crippen MR) is 66.8 cm³/mol. The lowest BCUT2D eigenvalue weighted by atomic mass is 10.1. The van der Waals surface area contributed by atoms with Crippen molar-refractivity contribution in [2.75, 3.05) is 5.73 Å². The Balaban J connectivity index is 2.23. The molecule has 2 rings (SSSR count). The number of benzene rings is 1. The van der Waals surface area contributed by atoms with E-state index in [1.165, 1.54) is 0 Å². The van der Waals surface area contributed by atoms with Gasteiger partial charge in [0.25, 0.3) is 0 Å². The number of nitrogens with two attached hydrogens (primary N) is 2. The first-order valence-corrected chi connectivity index (χ1v) is 5.16. The van der Waals surface area contributed by atoms with E-state index in [0.717, 1.165) is 16.7 Å². The average molecular weight is 224 g/mol. The molecule has 0 aliphatic carbocycles. The monoisotopic (exact) mass is 224 g/mol. The first-order valence-electron chi connectivity index (χ1n) is 5.16. The Labute approximate surface area is 99.7 Å². The van der Waals surface area contributed by atoms with Gasteiger partial charge in [-0.15, -0.1) is 0 Å². The van der Waals surface area contributed by atoms with E-state index < -0.39 is 0 Å². The second-order valence-corrected chi connectivity index (χ2v) is 3.48. The smallest absolute Gasteiger partial charge is 0.219 e. The molecule has 84 valence electrons. The highest BCUT2D eigenvalue weighted by Crippen LogP contribution is 2.03. The summed E-state index contributed by atoms with van der Waals surface area (Å²) in [5, 5.41) is 0. The Morgan fingerprint density at radius 2 is 1.76 bits per heavy atom. The lowest BCUT2D eigenvalue weighted by Crippen LogP contribution is -1.95. The van der Waals surface area contributed by atoms with Crippen LogP contribution in [0.15, 0.2) is 36.7 Å². The maximum Gasteiger partial charge on any atom is 0.219 e. The Morgan fingerprint density at radius 3 is 2.47 bits per heavy atom. The summed E-state index contributed by atoms with van der Waals surface area (Å²) in [7, 11) is 0. The molecule has 0 fully saturated rings. The van der Waals surface area contributed by atoms with Crippen molar-refractivity contribution in [3.63, 3.8) is 0 Å². The highest BCUT2D eigenvalue weighted by molar-refractivity contribution is 5.43. The molecule has 4 nitrogen and oxygen atoms in total. The fourth-order valence-electron chi connectivity index (χ4n) is 1.32. The number of hydrogen-bond acceptors (Lipinski definition) is 4. The number of anilines is 1. The van der Waals surface area contributed by atoms with Crippen LogP contribution >= 0.6 is 0 Å². The molecule has 0 aliphatic heterocycles. The third-order valence-electron chi connectivity index (χ3n) is 2.19. The molecule has 0 atom stereocenters. The maximum atomic E-state index is 5.56. The molecule has 0 unspecified atom stereocenters. The van der Waals surface area contributed by atoms with Gasteiger partial charge in [-0.2, -0.15) is 0 Å². The van der Waals surface area contributed by atoms with Gasteiger partial charge < -0.3 is 11.5 Å². The molecule has 0 saturated heterocycles. The van der Waals surface area contributed by atoms with Crippen LogP contribution in [0.2, 0.25) is 0 Å². The predicted octanol–water partition coefficient (Wildman–Crippen LogP) is 0.917. The van der Waals surface area contributed by atoms with Gasteiger partial charge in [-0.25, -0.2) is 9.97 Å². The van der Waals surface area contributed by atoms with E-state index in [2.05, 4.69) is 21.8 Å². The van der Waals surface area contributed by atoms with E-state index in [9.17, 15) is 0 Å². The molecule has 1 aromatic heterocycles.